The topological polar surface area (TPSA) is 49.8 Å². The fraction of sp³-hybridized carbons (Fsp3) is 0.350. The van der Waals surface area contributed by atoms with Gasteiger partial charge in [-0.15, -0.1) is 0 Å². The van der Waals surface area contributed by atoms with Gasteiger partial charge in [-0.2, -0.15) is 0 Å². The number of aliphatic hydroxyl groups is 1. The second-order valence-electron chi connectivity index (χ2n) is 6.67. The van der Waals surface area contributed by atoms with E-state index in [-0.39, 0.29) is 24.9 Å². The van der Waals surface area contributed by atoms with E-state index in [1.807, 2.05) is 25.1 Å². The minimum atomic E-state index is -1.11. The highest BCUT2D eigenvalue weighted by Crippen LogP contribution is 2.24. The molecule has 0 aliphatic carbocycles. The molecule has 4 nitrogen and oxygen atoms in total. The molecule has 1 fully saturated rings. The quantitative estimate of drug-likeness (QED) is 0.928. The largest absolute Gasteiger partial charge is 0.491 e. The number of piperidine rings is 1. The average molecular weight is 343 g/mol. The van der Waals surface area contributed by atoms with Gasteiger partial charge in [-0.05, 0) is 56.2 Å². The summed E-state index contributed by atoms with van der Waals surface area (Å²) in [5.74, 6) is 0.0826. The van der Waals surface area contributed by atoms with E-state index >= 15 is 0 Å². The Labute approximate surface area is 146 Å². The first kappa shape index (κ1) is 17.4. The van der Waals surface area contributed by atoms with Crippen LogP contribution in [0.15, 0.2) is 48.5 Å². The molecule has 1 aliphatic heterocycles. The maximum Gasteiger partial charge on any atom is 0.253 e. The van der Waals surface area contributed by atoms with Gasteiger partial charge in [-0.1, -0.05) is 17.7 Å². The van der Waals surface area contributed by atoms with Crippen molar-refractivity contribution in [3.63, 3.8) is 0 Å². The molecule has 1 saturated heterocycles. The molecular weight excluding hydrogens is 321 g/mol. The average Bonchev–Trinajstić information content (AvgIpc) is 2.61. The van der Waals surface area contributed by atoms with E-state index in [0.717, 1.165) is 5.56 Å². The van der Waals surface area contributed by atoms with Crippen LogP contribution < -0.4 is 4.74 Å². The van der Waals surface area contributed by atoms with E-state index in [4.69, 9.17) is 4.74 Å². The van der Waals surface area contributed by atoms with Crippen LogP contribution >= 0.6 is 0 Å². The Kier molecular flexibility index (Phi) is 5.04. The summed E-state index contributed by atoms with van der Waals surface area (Å²) >= 11 is 0. The summed E-state index contributed by atoms with van der Waals surface area (Å²) in [5.41, 5.74) is 0.549. The lowest BCUT2D eigenvalue weighted by molar-refractivity contribution is -0.0532. The van der Waals surface area contributed by atoms with Gasteiger partial charge in [0, 0.05) is 12.1 Å². The van der Waals surface area contributed by atoms with Crippen LogP contribution in [0.3, 0.4) is 0 Å². The molecule has 2 aromatic rings. The first-order chi connectivity index (χ1) is 12.0. The number of amides is 1. The number of β-amino-alcohol motifs (C(OH)–C–C–N with tert-alkyl or cyclic N) is 1. The summed E-state index contributed by atoms with van der Waals surface area (Å²) in [6, 6.07) is 13.1. The van der Waals surface area contributed by atoms with Crippen LogP contribution in [0.2, 0.25) is 0 Å². The molecule has 0 bridgehead atoms. The van der Waals surface area contributed by atoms with Gasteiger partial charge in [0.1, 0.15) is 23.8 Å². The third kappa shape index (κ3) is 4.37. The van der Waals surface area contributed by atoms with Crippen molar-refractivity contribution in [1.82, 2.24) is 4.90 Å². The minimum Gasteiger partial charge on any atom is -0.491 e. The van der Waals surface area contributed by atoms with Crippen molar-refractivity contribution >= 4 is 5.91 Å². The maximum atomic E-state index is 12.9. The highest BCUT2D eigenvalue weighted by atomic mass is 19.1. The Hall–Kier alpha value is -2.40. The van der Waals surface area contributed by atoms with Gasteiger partial charge in [-0.25, -0.2) is 4.39 Å². The van der Waals surface area contributed by atoms with Gasteiger partial charge in [0.2, 0.25) is 0 Å². The predicted molar refractivity (Wildman–Crippen MR) is 93.2 cm³/mol. The molecule has 1 atom stereocenters. The molecule has 1 unspecified atom stereocenters. The van der Waals surface area contributed by atoms with Gasteiger partial charge >= 0.3 is 0 Å². The van der Waals surface area contributed by atoms with Gasteiger partial charge in [0.25, 0.3) is 5.91 Å². The molecule has 132 valence electrons. The first-order valence-electron chi connectivity index (χ1n) is 8.42. The number of benzene rings is 2. The lowest BCUT2D eigenvalue weighted by Gasteiger charge is -2.39. The number of aryl methyl sites for hydroxylation is 1. The monoisotopic (exact) mass is 343 g/mol. The third-order valence-electron chi connectivity index (χ3n) is 4.43. The lowest BCUT2D eigenvalue weighted by Crippen LogP contribution is -2.53. The number of nitrogens with zero attached hydrogens (tertiary/aromatic N) is 1. The predicted octanol–water partition coefficient (Wildman–Crippen LogP) is 3.18. The molecule has 0 spiro atoms. The van der Waals surface area contributed by atoms with Crippen molar-refractivity contribution < 1.29 is 19.0 Å². The number of hydrogen-bond donors (Lipinski definition) is 1. The highest BCUT2D eigenvalue weighted by Gasteiger charge is 2.36. The van der Waals surface area contributed by atoms with Crippen LogP contribution in [0.25, 0.3) is 0 Å². The number of hydrogen-bond acceptors (Lipinski definition) is 3. The molecule has 0 aromatic heterocycles. The summed E-state index contributed by atoms with van der Waals surface area (Å²) in [6.07, 6.45) is 1.27. The fourth-order valence-electron chi connectivity index (χ4n) is 3.11. The van der Waals surface area contributed by atoms with Crippen molar-refractivity contribution in [2.75, 3.05) is 19.7 Å². The number of carbonyl (C=O) groups is 1. The van der Waals surface area contributed by atoms with Crippen molar-refractivity contribution in [2.45, 2.75) is 25.4 Å². The van der Waals surface area contributed by atoms with Gasteiger partial charge in [0.15, 0.2) is 0 Å². The Morgan fingerprint density at radius 3 is 2.76 bits per heavy atom. The van der Waals surface area contributed by atoms with Crippen LogP contribution in [0, 0.1) is 12.7 Å². The molecule has 3 rings (SSSR count). The van der Waals surface area contributed by atoms with E-state index in [9.17, 15) is 14.3 Å². The van der Waals surface area contributed by atoms with Crippen LogP contribution in [-0.2, 0) is 0 Å². The number of carbonyl (C=O) groups excluding carboxylic acids is 1. The zero-order valence-electron chi connectivity index (χ0n) is 14.2. The van der Waals surface area contributed by atoms with E-state index < -0.39 is 5.60 Å². The van der Waals surface area contributed by atoms with Crippen LogP contribution in [-0.4, -0.2) is 41.2 Å². The van der Waals surface area contributed by atoms with Gasteiger partial charge in [-0.3, -0.25) is 4.79 Å². The molecule has 1 N–H and O–H groups in total. The molecule has 0 saturated carbocycles. The summed E-state index contributed by atoms with van der Waals surface area (Å²) in [6.45, 7) is 2.85. The molecule has 2 aromatic carbocycles. The Morgan fingerprint density at radius 1 is 1.28 bits per heavy atom. The Balaban J connectivity index is 1.65. The molecule has 0 radical (unpaired) electrons. The summed E-state index contributed by atoms with van der Waals surface area (Å²) in [5, 5.41) is 10.8. The summed E-state index contributed by atoms with van der Waals surface area (Å²) in [4.78, 5) is 14.4. The second-order valence-corrected chi connectivity index (χ2v) is 6.67. The third-order valence-corrected chi connectivity index (χ3v) is 4.43. The molecule has 1 aliphatic rings. The van der Waals surface area contributed by atoms with E-state index in [1.165, 1.54) is 24.3 Å². The van der Waals surface area contributed by atoms with Crippen molar-refractivity contribution in [3.8, 4) is 5.75 Å². The smallest absolute Gasteiger partial charge is 0.253 e. The number of rotatable bonds is 4. The van der Waals surface area contributed by atoms with Gasteiger partial charge in [0.05, 0.1) is 6.54 Å². The van der Waals surface area contributed by atoms with Gasteiger partial charge < -0.3 is 14.7 Å². The Morgan fingerprint density at radius 2 is 2.04 bits per heavy atom. The summed E-state index contributed by atoms with van der Waals surface area (Å²) < 4.78 is 18.5. The normalized spacial score (nSPS) is 20.4. The van der Waals surface area contributed by atoms with Crippen LogP contribution in [0.5, 0.6) is 5.75 Å². The zero-order chi connectivity index (χ0) is 17.9. The SMILES string of the molecule is Cc1cccc(C(=O)N2CCCC(O)(COc3ccc(F)cc3)C2)c1. The molecule has 5 heteroatoms. The fourth-order valence-corrected chi connectivity index (χ4v) is 3.11. The molecule has 1 amide bonds. The zero-order valence-corrected chi connectivity index (χ0v) is 14.2. The minimum absolute atomic E-state index is 0.0657. The Bertz CT molecular complexity index is 747. The highest BCUT2D eigenvalue weighted by molar-refractivity contribution is 5.94. The first-order valence-corrected chi connectivity index (χ1v) is 8.42. The maximum absolute atomic E-state index is 12.9. The number of ether oxygens (including phenoxy) is 1. The van der Waals surface area contributed by atoms with Crippen molar-refractivity contribution in [3.05, 3.63) is 65.5 Å². The second kappa shape index (κ2) is 7.23. The van der Waals surface area contributed by atoms with Crippen LogP contribution in [0.4, 0.5) is 4.39 Å². The van der Waals surface area contributed by atoms with Crippen LogP contribution in [0.1, 0.15) is 28.8 Å². The standard InChI is InChI=1S/C20H22FNO3/c1-15-4-2-5-16(12-15)19(23)22-11-3-10-20(24,13-22)14-25-18-8-6-17(21)7-9-18/h2,4-9,12,24H,3,10-11,13-14H2,1H3. The van der Waals surface area contributed by atoms with E-state index in [2.05, 4.69) is 0 Å². The molecule has 25 heavy (non-hydrogen) atoms. The lowest BCUT2D eigenvalue weighted by atomic mass is 9.93. The number of halogens is 1. The number of likely N-dealkylation sites (tertiary alicyclic amines) is 1. The molecule has 1 heterocycles. The van der Waals surface area contributed by atoms with Crippen molar-refractivity contribution in [1.29, 1.82) is 0 Å². The van der Waals surface area contributed by atoms with E-state index in [0.29, 0.717) is 30.7 Å². The van der Waals surface area contributed by atoms with Crippen molar-refractivity contribution in [2.24, 2.45) is 0 Å². The summed E-state index contributed by atoms with van der Waals surface area (Å²) in [7, 11) is 0. The van der Waals surface area contributed by atoms with E-state index in [1.54, 1.807) is 11.0 Å². The molecular formula is C20H22FNO3.